The van der Waals surface area contributed by atoms with E-state index in [1.54, 1.807) is 78.9 Å². The molecule has 5 rings (SSSR count). The van der Waals surface area contributed by atoms with Gasteiger partial charge in [-0.1, -0.05) is 60.1 Å². The van der Waals surface area contributed by atoms with Gasteiger partial charge in [-0.05, 0) is 83.9 Å². The van der Waals surface area contributed by atoms with Gasteiger partial charge in [0.25, 0.3) is 17.5 Å². The number of nitro groups is 1. The molecule has 50 heavy (non-hydrogen) atoms. The fourth-order valence-corrected chi connectivity index (χ4v) is 5.85. The normalized spacial score (nSPS) is 11.6. The summed E-state index contributed by atoms with van der Waals surface area (Å²) < 4.78 is 0. The molecule has 1 atom stereocenters. The largest absolute Gasteiger partial charge is 0.478 e. The van der Waals surface area contributed by atoms with Crippen molar-refractivity contribution >= 4 is 70.2 Å². The molecule has 0 aliphatic carbocycles. The summed E-state index contributed by atoms with van der Waals surface area (Å²) in [6, 6.07) is 33.8. The van der Waals surface area contributed by atoms with Gasteiger partial charge in [0.2, 0.25) is 5.91 Å². The lowest BCUT2D eigenvalue weighted by molar-refractivity contribution is -0.384. The molecule has 0 spiro atoms. The molecule has 0 fully saturated rings. The minimum Gasteiger partial charge on any atom is -0.478 e. The molecular weight excluding hydrogens is 680 g/mol. The Kier molecular flexibility index (Phi) is 11.4. The minimum absolute atomic E-state index is 0.0456. The van der Waals surface area contributed by atoms with Gasteiger partial charge < -0.3 is 21.1 Å². The number of non-ortho nitro benzene ring substituents is 1. The molecule has 0 aromatic heterocycles. The SMILES string of the molecule is O=C(Nc1ccc(SC(C(=O)Nc2ccc(Cl)c(C(=O)O)c2)c2ccccc2)cc1)/C(=C/c1ccc([N+](=O)[O-])cc1)NC(=O)c1ccccc1. The van der Waals surface area contributed by atoms with Gasteiger partial charge in [0.05, 0.1) is 15.5 Å². The van der Waals surface area contributed by atoms with Crippen molar-refractivity contribution in [2.24, 2.45) is 0 Å². The van der Waals surface area contributed by atoms with Gasteiger partial charge in [0, 0.05) is 34.0 Å². The molecule has 5 aromatic rings. The minimum atomic E-state index is -1.22. The number of rotatable bonds is 12. The van der Waals surface area contributed by atoms with Crippen LogP contribution in [0.4, 0.5) is 17.1 Å². The van der Waals surface area contributed by atoms with Crippen LogP contribution in [0.1, 0.15) is 37.1 Å². The van der Waals surface area contributed by atoms with E-state index in [2.05, 4.69) is 16.0 Å². The number of amides is 3. The summed E-state index contributed by atoms with van der Waals surface area (Å²) in [6.07, 6.45) is 1.41. The molecule has 0 aliphatic rings. The number of carbonyl (C=O) groups is 4. The van der Waals surface area contributed by atoms with Crippen LogP contribution in [0.3, 0.4) is 0 Å². The molecule has 5 aromatic carbocycles. The summed E-state index contributed by atoms with van der Waals surface area (Å²) in [7, 11) is 0. The lowest BCUT2D eigenvalue weighted by Gasteiger charge is -2.18. The summed E-state index contributed by atoms with van der Waals surface area (Å²) in [5.74, 6) is -2.78. The highest BCUT2D eigenvalue weighted by atomic mass is 35.5. The molecular formula is C37H27ClN4O7S. The van der Waals surface area contributed by atoms with Gasteiger partial charge in [0.15, 0.2) is 0 Å². The van der Waals surface area contributed by atoms with Crippen molar-refractivity contribution in [1.29, 1.82) is 0 Å². The Balaban J connectivity index is 1.34. The van der Waals surface area contributed by atoms with E-state index >= 15 is 0 Å². The first-order chi connectivity index (χ1) is 24.1. The lowest BCUT2D eigenvalue weighted by atomic mass is 10.1. The van der Waals surface area contributed by atoms with E-state index in [1.807, 2.05) is 6.07 Å². The molecule has 0 bridgehead atoms. The molecule has 3 amide bonds. The summed E-state index contributed by atoms with van der Waals surface area (Å²) in [4.78, 5) is 62.7. The number of hydrogen-bond donors (Lipinski definition) is 4. The van der Waals surface area contributed by atoms with Crippen LogP contribution in [0.15, 0.2) is 138 Å². The number of anilines is 2. The van der Waals surface area contributed by atoms with Gasteiger partial charge >= 0.3 is 5.97 Å². The molecule has 250 valence electrons. The maximum Gasteiger partial charge on any atom is 0.337 e. The summed E-state index contributed by atoms with van der Waals surface area (Å²) in [6.45, 7) is 0. The monoisotopic (exact) mass is 706 g/mol. The number of nitrogens with one attached hydrogen (secondary N) is 3. The number of thioether (sulfide) groups is 1. The second-order valence-corrected chi connectivity index (χ2v) is 12.2. The van der Waals surface area contributed by atoms with Crippen LogP contribution in [-0.2, 0) is 9.59 Å². The third-order valence-electron chi connectivity index (χ3n) is 7.11. The average Bonchev–Trinajstić information content (AvgIpc) is 3.12. The molecule has 13 heteroatoms. The van der Waals surface area contributed by atoms with Crippen LogP contribution in [0.25, 0.3) is 6.08 Å². The summed E-state index contributed by atoms with van der Waals surface area (Å²) in [5, 5.41) is 28.0. The fourth-order valence-electron chi connectivity index (χ4n) is 4.63. The maximum atomic E-state index is 13.5. The molecule has 0 radical (unpaired) electrons. The van der Waals surface area contributed by atoms with E-state index in [-0.39, 0.29) is 27.7 Å². The van der Waals surface area contributed by atoms with E-state index in [1.165, 1.54) is 60.3 Å². The molecule has 0 heterocycles. The Morgan fingerprint density at radius 1 is 0.780 bits per heavy atom. The van der Waals surface area contributed by atoms with Gasteiger partial charge in [-0.3, -0.25) is 24.5 Å². The van der Waals surface area contributed by atoms with E-state index in [0.717, 1.165) is 0 Å². The Morgan fingerprint density at radius 2 is 1.40 bits per heavy atom. The van der Waals surface area contributed by atoms with Crippen molar-refractivity contribution in [3.8, 4) is 0 Å². The smallest absolute Gasteiger partial charge is 0.337 e. The number of carboxylic acids is 1. The highest BCUT2D eigenvalue weighted by Gasteiger charge is 2.23. The van der Waals surface area contributed by atoms with E-state index in [4.69, 9.17) is 11.6 Å². The molecule has 0 saturated carbocycles. The Bertz CT molecular complexity index is 2080. The highest BCUT2D eigenvalue weighted by Crippen LogP contribution is 2.37. The maximum absolute atomic E-state index is 13.5. The quantitative estimate of drug-likeness (QED) is 0.0441. The van der Waals surface area contributed by atoms with E-state index < -0.39 is 33.9 Å². The number of benzene rings is 5. The highest BCUT2D eigenvalue weighted by molar-refractivity contribution is 8.00. The predicted octanol–water partition coefficient (Wildman–Crippen LogP) is 7.83. The zero-order chi connectivity index (χ0) is 35.6. The fraction of sp³-hybridized carbons (Fsp3) is 0.0270. The molecule has 0 aliphatic heterocycles. The molecule has 0 saturated heterocycles. The van der Waals surface area contributed by atoms with Gasteiger partial charge in [-0.2, -0.15) is 0 Å². The number of aromatic carboxylic acids is 1. The Hall–Kier alpha value is -6.24. The molecule has 4 N–H and O–H groups in total. The first kappa shape index (κ1) is 35.1. The number of carboxylic acid groups (broad SMARTS) is 1. The predicted molar refractivity (Wildman–Crippen MR) is 192 cm³/mol. The van der Waals surface area contributed by atoms with Crippen molar-refractivity contribution in [1.82, 2.24) is 5.32 Å². The Morgan fingerprint density at radius 3 is 2.02 bits per heavy atom. The summed E-state index contributed by atoms with van der Waals surface area (Å²) >= 11 is 7.23. The first-order valence-corrected chi connectivity index (χ1v) is 16.1. The first-order valence-electron chi connectivity index (χ1n) is 14.9. The van der Waals surface area contributed by atoms with Crippen molar-refractivity contribution in [2.45, 2.75) is 10.1 Å². The zero-order valence-corrected chi connectivity index (χ0v) is 27.5. The topological polar surface area (TPSA) is 168 Å². The van der Waals surface area contributed by atoms with Crippen molar-refractivity contribution < 1.29 is 29.2 Å². The third kappa shape index (κ3) is 9.22. The second-order valence-electron chi connectivity index (χ2n) is 10.6. The van der Waals surface area contributed by atoms with Gasteiger partial charge in [-0.25, -0.2) is 4.79 Å². The van der Waals surface area contributed by atoms with Gasteiger partial charge in [0.1, 0.15) is 10.9 Å². The average molecular weight is 707 g/mol. The lowest BCUT2D eigenvalue weighted by Crippen LogP contribution is -2.30. The molecule has 1 unspecified atom stereocenters. The number of carbonyl (C=O) groups excluding carboxylic acids is 3. The van der Waals surface area contributed by atoms with Crippen LogP contribution in [-0.4, -0.2) is 33.7 Å². The van der Waals surface area contributed by atoms with Crippen LogP contribution in [0.2, 0.25) is 5.02 Å². The number of nitro benzene ring substituents is 1. The standard InChI is InChI=1S/C37H27ClN4O7S/c38-31-20-15-27(22-30(31)37(46)47)40-36(45)33(24-7-3-1-4-8-24)50-29-18-13-26(14-19-29)39-35(44)32(41-34(43)25-9-5-2-6-10-25)21-23-11-16-28(17-12-23)42(48)49/h1-22,33H,(H,39,44)(H,40,45)(H,41,43)(H,46,47)/b32-21-. The van der Waals surface area contributed by atoms with Crippen LogP contribution >= 0.6 is 23.4 Å². The van der Waals surface area contributed by atoms with Crippen molar-refractivity contribution in [3.63, 3.8) is 0 Å². The second kappa shape index (κ2) is 16.2. The Labute approximate surface area is 295 Å². The number of halogens is 1. The van der Waals surface area contributed by atoms with Gasteiger partial charge in [-0.15, -0.1) is 11.8 Å². The summed E-state index contributed by atoms with van der Waals surface area (Å²) in [5.41, 5.74) is 1.78. The third-order valence-corrected chi connectivity index (χ3v) is 8.71. The van der Waals surface area contributed by atoms with Crippen LogP contribution < -0.4 is 16.0 Å². The zero-order valence-electron chi connectivity index (χ0n) is 25.9. The van der Waals surface area contributed by atoms with Crippen molar-refractivity contribution in [3.05, 3.63) is 170 Å². The molecule has 11 nitrogen and oxygen atoms in total. The van der Waals surface area contributed by atoms with Crippen molar-refractivity contribution in [2.75, 3.05) is 10.6 Å². The van der Waals surface area contributed by atoms with Crippen LogP contribution in [0, 0.1) is 10.1 Å². The van der Waals surface area contributed by atoms with E-state index in [0.29, 0.717) is 27.3 Å². The van der Waals surface area contributed by atoms with Crippen LogP contribution in [0.5, 0.6) is 0 Å². The number of nitrogens with zero attached hydrogens (tertiary/aromatic N) is 1. The van der Waals surface area contributed by atoms with E-state index in [9.17, 15) is 34.4 Å². The number of hydrogen-bond acceptors (Lipinski definition) is 7.